The smallest absolute Gasteiger partial charge is 0.257 e. The Morgan fingerprint density at radius 3 is 2.72 bits per heavy atom. The summed E-state index contributed by atoms with van der Waals surface area (Å²) in [5, 5.41) is 3.08. The Kier molecular flexibility index (Phi) is 3.56. The summed E-state index contributed by atoms with van der Waals surface area (Å²) in [5.74, 6) is -4.94. The molecular weight excluding hydrogens is 245 g/mol. The second-order valence-electron chi connectivity index (χ2n) is 4.27. The fraction of sp³-hybridized carbons (Fsp3) is 0.417. The molecule has 1 aromatic carbocycles. The average molecular weight is 258 g/mol. The lowest BCUT2D eigenvalue weighted by atomic mass is 10.1. The van der Waals surface area contributed by atoms with E-state index in [0.717, 1.165) is 12.1 Å². The van der Waals surface area contributed by atoms with Crippen molar-refractivity contribution >= 4 is 5.91 Å². The molecule has 1 fully saturated rings. The quantitative estimate of drug-likeness (QED) is 0.775. The molecule has 18 heavy (non-hydrogen) atoms. The Balaban J connectivity index is 2.31. The zero-order valence-electron chi connectivity index (χ0n) is 9.84. The normalized spacial score (nSPS) is 20.0. The van der Waals surface area contributed by atoms with Gasteiger partial charge in [0.2, 0.25) is 0 Å². The topological polar surface area (TPSA) is 32.3 Å². The molecule has 1 heterocycles. The highest BCUT2D eigenvalue weighted by molar-refractivity contribution is 5.94. The summed E-state index contributed by atoms with van der Waals surface area (Å²) in [4.78, 5) is 13.5. The zero-order valence-corrected chi connectivity index (χ0v) is 9.84. The third kappa shape index (κ3) is 2.20. The van der Waals surface area contributed by atoms with Crippen molar-refractivity contribution in [2.24, 2.45) is 0 Å². The molecule has 0 radical (unpaired) electrons. The van der Waals surface area contributed by atoms with Gasteiger partial charge < -0.3 is 10.2 Å². The molecule has 1 atom stereocenters. The van der Waals surface area contributed by atoms with Gasteiger partial charge in [0.05, 0.1) is 5.56 Å². The maximum atomic E-state index is 13.5. The van der Waals surface area contributed by atoms with Gasteiger partial charge in [0.25, 0.3) is 5.91 Å². The average Bonchev–Trinajstić information content (AvgIpc) is 2.36. The fourth-order valence-electron chi connectivity index (χ4n) is 1.99. The Morgan fingerprint density at radius 2 is 2.06 bits per heavy atom. The predicted octanol–water partition coefficient (Wildman–Crippen LogP) is 1.54. The fourth-order valence-corrected chi connectivity index (χ4v) is 1.99. The number of rotatable bonds is 1. The third-order valence-corrected chi connectivity index (χ3v) is 3.03. The number of hydrogen-bond donors (Lipinski definition) is 1. The van der Waals surface area contributed by atoms with Gasteiger partial charge in [0.15, 0.2) is 17.5 Å². The van der Waals surface area contributed by atoms with Crippen LogP contribution >= 0.6 is 0 Å². The van der Waals surface area contributed by atoms with E-state index in [4.69, 9.17) is 0 Å². The second-order valence-corrected chi connectivity index (χ2v) is 4.27. The summed E-state index contributed by atoms with van der Waals surface area (Å²) >= 11 is 0. The molecule has 1 amide bonds. The van der Waals surface area contributed by atoms with Crippen LogP contribution in [0.25, 0.3) is 0 Å². The zero-order chi connectivity index (χ0) is 13.3. The molecule has 0 bridgehead atoms. The number of nitrogens with zero attached hydrogens (tertiary/aromatic N) is 1. The standard InChI is InChI=1S/C12H13F3N2O/c1-7-6-16-4-5-17(7)12(18)8-2-3-9(13)11(15)10(8)14/h2-3,7,16H,4-6H2,1H3/t7-/m0/s1. The minimum Gasteiger partial charge on any atom is -0.333 e. The first kappa shape index (κ1) is 12.9. The highest BCUT2D eigenvalue weighted by Crippen LogP contribution is 2.18. The van der Waals surface area contributed by atoms with E-state index in [1.165, 1.54) is 4.90 Å². The van der Waals surface area contributed by atoms with Crippen molar-refractivity contribution < 1.29 is 18.0 Å². The van der Waals surface area contributed by atoms with Gasteiger partial charge in [-0.05, 0) is 19.1 Å². The summed E-state index contributed by atoms with van der Waals surface area (Å²) in [6.45, 7) is 3.42. The summed E-state index contributed by atoms with van der Waals surface area (Å²) in [6, 6.07) is 1.63. The number of hydrogen-bond acceptors (Lipinski definition) is 2. The van der Waals surface area contributed by atoms with Gasteiger partial charge in [-0.25, -0.2) is 13.2 Å². The molecule has 0 spiro atoms. The maximum Gasteiger partial charge on any atom is 0.257 e. The number of amides is 1. The molecule has 1 aliphatic rings. The Morgan fingerprint density at radius 1 is 1.33 bits per heavy atom. The summed E-state index contributed by atoms with van der Waals surface area (Å²) in [5.41, 5.74) is -0.428. The first-order valence-corrected chi connectivity index (χ1v) is 5.67. The maximum absolute atomic E-state index is 13.5. The molecule has 1 aliphatic heterocycles. The van der Waals surface area contributed by atoms with Crippen molar-refractivity contribution in [1.29, 1.82) is 0 Å². The minimum atomic E-state index is -1.61. The van der Waals surface area contributed by atoms with Gasteiger partial charge in [-0.2, -0.15) is 0 Å². The molecule has 0 aliphatic carbocycles. The van der Waals surface area contributed by atoms with Crippen LogP contribution in [-0.4, -0.2) is 36.5 Å². The van der Waals surface area contributed by atoms with Crippen LogP contribution in [0.4, 0.5) is 13.2 Å². The molecule has 1 saturated heterocycles. The molecule has 1 aromatic rings. The Bertz CT molecular complexity index is 479. The monoisotopic (exact) mass is 258 g/mol. The third-order valence-electron chi connectivity index (χ3n) is 3.03. The molecule has 2 rings (SSSR count). The summed E-state index contributed by atoms with van der Waals surface area (Å²) in [6.07, 6.45) is 0. The summed E-state index contributed by atoms with van der Waals surface area (Å²) < 4.78 is 39.4. The molecule has 3 nitrogen and oxygen atoms in total. The second kappa shape index (κ2) is 4.97. The van der Waals surface area contributed by atoms with Crippen molar-refractivity contribution in [2.45, 2.75) is 13.0 Å². The molecule has 98 valence electrons. The van der Waals surface area contributed by atoms with Crippen LogP contribution in [0, 0.1) is 17.5 Å². The van der Waals surface area contributed by atoms with Crippen LogP contribution in [0.15, 0.2) is 12.1 Å². The van der Waals surface area contributed by atoms with Crippen LogP contribution < -0.4 is 5.32 Å². The van der Waals surface area contributed by atoms with E-state index in [1.807, 2.05) is 6.92 Å². The van der Waals surface area contributed by atoms with Crippen LogP contribution in [0.2, 0.25) is 0 Å². The van der Waals surface area contributed by atoms with Gasteiger partial charge in [0, 0.05) is 25.7 Å². The lowest BCUT2D eigenvalue weighted by molar-refractivity contribution is 0.0649. The molecule has 0 aromatic heterocycles. The highest BCUT2D eigenvalue weighted by atomic mass is 19.2. The summed E-state index contributed by atoms with van der Waals surface area (Å²) in [7, 11) is 0. The van der Waals surface area contributed by atoms with Crippen molar-refractivity contribution in [3.8, 4) is 0 Å². The molecule has 0 saturated carbocycles. The van der Waals surface area contributed by atoms with Gasteiger partial charge >= 0.3 is 0 Å². The Hall–Kier alpha value is -1.56. The minimum absolute atomic E-state index is 0.112. The number of carbonyl (C=O) groups excluding carboxylic acids is 1. The van der Waals surface area contributed by atoms with Gasteiger partial charge in [-0.3, -0.25) is 4.79 Å². The first-order chi connectivity index (χ1) is 8.52. The van der Waals surface area contributed by atoms with Crippen molar-refractivity contribution in [1.82, 2.24) is 10.2 Å². The number of piperazine rings is 1. The molecule has 6 heteroatoms. The van der Waals surface area contributed by atoms with E-state index in [2.05, 4.69) is 5.32 Å². The molecule has 1 N–H and O–H groups in total. The van der Waals surface area contributed by atoms with E-state index >= 15 is 0 Å². The van der Waals surface area contributed by atoms with Crippen LogP contribution in [0.5, 0.6) is 0 Å². The van der Waals surface area contributed by atoms with Crippen molar-refractivity contribution in [3.05, 3.63) is 35.1 Å². The van der Waals surface area contributed by atoms with Gasteiger partial charge in [-0.1, -0.05) is 0 Å². The van der Waals surface area contributed by atoms with E-state index in [1.54, 1.807) is 0 Å². The number of nitrogens with one attached hydrogen (secondary N) is 1. The lowest BCUT2D eigenvalue weighted by Crippen LogP contribution is -2.52. The SMILES string of the molecule is C[C@H]1CNCCN1C(=O)c1ccc(F)c(F)c1F. The van der Waals surface area contributed by atoms with Gasteiger partial charge in [0.1, 0.15) is 0 Å². The van der Waals surface area contributed by atoms with Gasteiger partial charge in [-0.15, -0.1) is 0 Å². The number of benzene rings is 1. The van der Waals surface area contributed by atoms with E-state index in [9.17, 15) is 18.0 Å². The van der Waals surface area contributed by atoms with E-state index in [0.29, 0.717) is 19.6 Å². The van der Waals surface area contributed by atoms with Crippen molar-refractivity contribution in [2.75, 3.05) is 19.6 Å². The largest absolute Gasteiger partial charge is 0.333 e. The first-order valence-electron chi connectivity index (χ1n) is 5.67. The van der Waals surface area contributed by atoms with E-state index < -0.39 is 28.9 Å². The number of halogens is 3. The Labute approximate surface area is 103 Å². The van der Waals surface area contributed by atoms with Crippen molar-refractivity contribution in [3.63, 3.8) is 0 Å². The lowest BCUT2D eigenvalue weighted by Gasteiger charge is -2.34. The van der Waals surface area contributed by atoms with Crippen LogP contribution in [0.3, 0.4) is 0 Å². The van der Waals surface area contributed by atoms with Crippen LogP contribution in [-0.2, 0) is 0 Å². The predicted molar refractivity (Wildman–Crippen MR) is 59.7 cm³/mol. The van der Waals surface area contributed by atoms with E-state index in [-0.39, 0.29) is 6.04 Å². The van der Waals surface area contributed by atoms with Crippen LogP contribution in [0.1, 0.15) is 17.3 Å². The molecular formula is C12H13F3N2O. The highest BCUT2D eigenvalue weighted by Gasteiger charge is 2.27. The molecule has 0 unspecified atom stereocenters. The number of carbonyl (C=O) groups is 1.